The molecule has 186 valence electrons. The van der Waals surface area contributed by atoms with E-state index in [4.69, 9.17) is 9.84 Å². The molecule has 0 heterocycles. The number of aliphatic hydroxyl groups excluding tert-OH is 1. The second kappa shape index (κ2) is 24.0. The number of nitrogens with zero attached hydrogens (tertiary/aromatic N) is 1. The Balaban J connectivity index is 3.62. The van der Waals surface area contributed by atoms with E-state index in [1.807, 2.05) is 0 Å². The molecule has 0 amide bonds. The number of unbranched alkanes of at least 4 members (excludes halogenated alkanes) is 11. The Hall–Kier alpha value is -0.610. The van der Waals surface area contributed by atoms with Gasteiger partial charge < -0.3 is 14.7 Å². The molecule has 0 rings (SSSR count). The van der Waals surface area contributed by atoms with E-state index < -0.39 is 0 Å². The van der Waals surface area contributed by atoms with Gasteiger partial charge in [0.2, 0.25) is 0 Å². The molecule has 1 N–H and O–H groups in total. The van der Waals surface area contributed by atoms with Gasteiger partial charge in [0.15, 0.2) is 0 Å². The van der Waals surface area contributed by atoms with E-state index in [0.29, 0.717) is 13.2 Å². The Labute approximate surface area is 194 Å². The lowest BCUT2D eigenvalue weighted by molar-refractivity contribution is -0.149. The smallest absolute Gasteiger partial charge is 0.308 e. The Kier molecular flexibility index (Phi) is 23.6. The molecule has 0 radical (unpaired) electrons. The molecule has 0 spiro atoms. The first kappa shape index (κ1) is 30.4. The first-order valence-corrected chi connectivity index (χ1v) is 13.7. The van der Waals surface area contributed by atoms with Crippen molar-refractivity contribution in [2.24, 2.45) is 5.92 Å². The minimum absolute atomic E-state index is 0.0330. The fourth-order valence-electron chi connectivity index (χ4n) is 4.08. The minimum Gasteiger partial charge on any atom is -0.465 e. The van der Waals surface area contributed by atoms with Gasteiger partial charge in [-0.25, -0.2) is 0 Å². The van der Waals surface area contributed by atoms with Crippen LogP contribution in [0.3, 0.4) is 0 Å². The molecule has 1 atom stereocenters. The zero-order valence-corrected chi connectivity index (χ0v) is 21.3. The molecule has 1 unspecified atom stereocenters. The van der Waals surface area contributed by atoms with E-state index >= 15 is 0 Å². The molecule has 0 bridgehead atoms. The molecule has 4 heteroatoms. The number of hydrogen-bond acceptors (Lipinski definition) is 4. The van der Waals surface area contributed by atoms with Crippen LogP contribution in [0.2, 0.25) is 0 Å². The van der Waals surface area contributed by atoms with Crippen molar-refractivity contribution in [3.8, 4) is 0 Å². The van der Waals surface area contributed by atoms with Gasteiger partial charge in [-0.1, -0.05) is 85.0 Å². The van der Waals surface area contributed by atoms with Crippen molar-refractivity contribution in [3.63, 3.8) is 0 Å². The van der Waals surface area contributed by atoms with E-state index in [0.717, 1.165) is 45.1 Å². The summed E-state index contributed by atoms with van der Waals surface area (Å²) in [7, 11) is 0. The number of aliphatic hydroxyl groups is 1. The molecule has 0 aliphatic carbocycles. The van der Waals surface area contributed by atoms with Gasteiger partial charge in [-0.2, -0.15) is 0 Å². The summed E-state index contributed by atoms with van der Waals surface area (Å²) >= 11 is 0. The lowest BCUT2D eigenvalue weighted by atomic mass is 9.98. The van der Waals surface area contributed by atoms with Gasteiger partial charge in [-0.15, -0.1) is 0 Å². The van der Waals surface area contributed by atoms with E-state index in [9.17, 15) is 4.79 Å². The van der Waals surface area contributed by atoms with Crippen molar-refractivity contribution in [1.82, 2.24) is 4.90 Å². The number of hydrogen-bond donors (Lipinski definition) is 1. The van der Waals surface area contributed by atoms with Crippen molar-refractivity contribution in [1.29, 1.82) is 0 Å². The molecule has 0 aromatic heterocycles. The second-order valence-electron chi connectivity index (χ2n) is 9.22. The monoisotopic (exact) mass is 441 g/mol. The largest absolute Gasteiger partial charge is 0.465 e. The molecule has 31 heavy (non-hydrogen) atoms. The van der Waals surface area contributed by atoms with Crippen molar-refractivity contribution in [3.05, 3.63) is 0 Å². The zero-order valence-electron chi connectivity index (χ0n) is 21.3. The summed E-state index contributed by atoms with van der Waals surface area (Å²) < 4.78 is 5.54. The van der Waals surface area contributed by atoms with Crippen molar-refractivity contribution < 1.29 is 14.6 Å². The van der Waals surface area contributed by atoms with Gasteiger partial charge in [-0.3, -0.25) is 4.79 Å². The van der Waals surface area contributed by atoms with E-state index in [-0.39, 0.29) is 11.9 Å². The third kappa shape index (κ3) is 19.8. The lowest BCUT2D eigenvalue weighted by Gasteiger charge is -2.22. The molecule has 0 saturated heterocycles. The summed E-state index contributed by atoms with van der Waals surface area (Å²) in [4.78, 5) is 14.8. The molecule has 0 aromatic carbocycles. The first-order valence-electron chi connectivity index (χ1n) is 13.7. The highest BCUT2D eigenvalue weighted by atomic mass is 16.5. The predicted molar refractivity (Wildman–Crippen MR) is 133 cm³/mol. The Morgan fingerprint density at radius 1 is 0.710 bits per heavy atom. The first-order chi connectivity index (χ1) is 15.2. The highest BCUT2D eigenvalue weighted by molar-refractivity contribution is 5.72. The third-order valence-electron chi connectivity index (χ3n) is 6.31. The molecule has 0 aliphatic rings. The van der Waals surface area contributed by atoms with Crippen LogP contribution in [0.1, 0.15) is 130 Å². The number of esters is 1. The fraction of sp³-hybridized carbons (Fsp3) is 0.963. The Morgan fingerprint density at radius 3 is 1.87 bits per heavy atom. The maximum absolute atomic E-state index is 12.2. The van der Waals surface area contributed by atoms with Crippen molar-refractivity contribution in [2.75, 3.05) is 32.8 Å². The van der Waals surface area contributed by atoms with E-state index in [1.165, 1.54) is 83.7 Å². The highest BCUT2D eigenvalue weighted by Gasteiger charge is 2.17. The topological polar surface area (TPSA) is 49.8 Å². The Bertz CT molecular complexity index is 375. The average molecular weight is 442 g/mol. The van der Waals surface area contributed by atoms with Gasteiger partial charge in [0.25, 0.3) is 0 Å². The normalized spacial score (nSPS) is 12.4. The molecule has 4 nitrogen and oxygen atoms in total. The number of rotatable bonds is 24. The van der Waals surface area contributed by atoms with Crippen LogP contribution in [0.15, 0.2) is 0 Å². The van der Waals surface area contributed by atoms with Crippen LogP contribution in [-0.2, 0) is 9.53 Å². The minimum atomic E-state index is 0.0330. The molecule has 0 saturated carbocycles. The summed E-state index contributed by atoms with van der Waals surface area (Å²) in [5.74, 6) is 0.142. The zero-order chi connectivity index (χ0) is 23.0. The van der Waals surface area contributed by atoms with Crippen molar-refractivity contribution >= 4 is 5.97 Å². The summed E-state index contributed by atoms with van der Waals surface area (Å²) in [5, 5.41) is 8.97. The van der Waals surface area contributed by atoms with Crippen LogP contribution in [-0.4, -0.2) is 48.8 Å². The maximum Gasteiger partial charge on any atom is 0.308 e. The summed E-state index contributed by atoms with van der Waals surface area (Å²) in [6.45, 7) is 11.0. The van der Waals surface area contributed by atoms with Gasteiger partial charge in [0.1, 0.15) is 0 Å². The van der Waals surface area contributed by atoms with Crippen molar-refractivity contribution in [2.45, 2.75) is 130 Å². The molecular formula is C27H55NO3. The highest BCUT2D eigenvalue weighted by Crippen LogP contribution is 2.16. The van der Waals surface area contributed by atoms with Crippen LogP contribution < -0.4 is 0 Å². The standard InChI is InChI=1S/C27H55NO3/c1-4-7-9-15-20-26(6-3)27(30)31-25-19-14-12-10-11-13-16-22-28(21-8-5-2)23-17-18-24-29/h26,29H,4-25H2,1-3H3. The number of ether oxygens (including phenoxy) is 1. The van der Waals surface area contributed by atoms with Gasteiger partial charge in [0, 0.05) is 6.61 Å². The maximum atomic E-state index is 12.2. The fourth-order valence-corrected chi connectivity index (χ4v) is 4.08. The molecule has 0 aliphatic heterocycles. The van der Waals surface area contributed by atoms with Crippen LogP contribution >= 0.6 is 0 Å². The molecule has 0 fully saturated rings. The Morgan fingerprint density at radius 2 is 1.26 bits per heavy atom. The van der Waals surface area contributed by atoms with Crippen LogP contribution in [0.5, 0.6) is 0 Å². The van der Waals surface area contributed by atoms with Crippen LogP contribution in [0.25, 0.3) is 0 Å². The van der Waals surface area contributed by atoms with Crippen LogP contribution in [0.4, 0.5) is 0 Å². The summed E-state index contributed by atoms with van der Waals surface area (Å²) in [6, 6.07) is 0. The number of carbonyl (C=O) groups excluding carboxylic acids is 1. The summed E-state index contributed by atoms with van der Waals surface area (Å²) in [6.07, 6.45) is 20.0. The lowest BCUT2D eigenvalue weighted by Crippen LogP contribution is -2.27. The van der Waals surface area contributed by atoms with Gasteiger partial charge in [0.05, 0.1) is 12.5 Å². The van der Waals surface area contributed by atoms with Gasteiger partial charge in [-0.05, 0) is 64.6 Å². The molecule has 0 aromatic rings. The summed E-state index contributed by atoms with van der Waals surface area (Å²) in [5.41, 5.74) is 0. The van der Waals surface area contributed by atoms with Gasteiger partial charge >= 0.3 is 5.97 Å². The van der Waals surface area contributed by atoms with E-state index in [1.54, 1.807) is 0 Å². The molecular weight excluding hydrogens is 386 g/mol. The SMILES string of the molecule is CCCCCCC(CC)C(=O)OCCCCCCCCCN(CCCC)CCCCO. The third-order valence-corrected chi connectivity index (χ3v) is 6.31. The average Bonchev–Trinajstić information content (AvgIpc) is 2.78. The van der Waals surface area contributed by atoms with Crippen LogP contribution in [0, 0.1) is 5.92 Å². The second-order valence-corrected chi connectivity index (χ2v) is 9.22. The number of carbonyl (C=O) groups is 1. The van der Waals surface area contributed by atoms with E-state index in [2.05, 4.69) is 25.7 Å². The quantitative estimate of drug-likeness (QED) is 0.128. The predicted octanol–water partition coefficient (Wildman–Crippen LogP) is 7.13.